The Bertz CT molecular complexity index is 612. The molecule has 0 bridgehead atoms. The summed E-state index contributed by atoms with van der Waals surface area (Å²) in [5, 5.41) is 10.7. The fourth-order valence-corrected chi connectivity index (χ4v) is 3.15. The van der Waals surface area contributed by atoms with Crippen molar-refractivity contribution in [3.8, 4) is 0 Å². The number of hydrogen-bond donors (Lipinski definition) is 0. The summed E-state index contributed by atoms with van der Waals surface area (Å²) < 4.78 is 26.5. The second-order valence-electron chi connectivity index (χ2n) is 4.58. The van der Waals surface area contributed by atoms with E-state index in [-0.39, 0.29) is 12.2 Å². The van der Waals surface area contributed by atoms with E-state index in [1.807, 2.05) is 0 Å². The summed E-state index contributed by atoms with van der Waals surface area (Å²) in [5.74, 6) is 0. The van der Waals surface area contributed by atoms with Gasteiger partial charge in [0, 0.05) is 39.3 Å². The first kappa shape index (κ1) is 13.9. The number of benzene rings is 1. The molecule has 1 aromatic rings. The Morgan fingerprint density at radius 2 is 2.00 bits per heavy atom. The lowest BCUT2D eigenvalue weighted by Gasteiger charge is -2.29. The van der Waals surface area contributed by atoms with Gasteiger partial charge in [0.15, 0.2) is 0 Å². The van der Waals surface area contributed by atoms with E-state index < -0.39 is 15.1 Å². The molecule has 0 spiro atoms. The zero-order valence-electron chi connectivity index (χ0n) is 10.7. The molecule has 8 heteroatoms. The quantitative estimate of drug-likeness (QED) is 0.606. The third-order valence-electron chi connectivity index (χ3n) is 3.17. The Hall–Kier alpha value is -1.51. The third kappa shape index (κ3) is 2.60. The van der Waals surface area contributed by atoms with E-state index in [2.05, 4.69) is 0 Å². The van der Waals surface area contributed by atoms with Crippen molar-refractivity contribution in [3.05, 3.63) is 39.4 Å². The topological polar surface area (TPSA) is 83.8 Å². The summed E-state index contributed by atoms with van der Waals surface area (Å²) in [6.07, 6.45) is 0.570. The third-order valence-corrected chi connectivity index (χ3v) is 5.05. The molecule has 7 nitrogen and oxygen atoms in total. The van der Waals surface area contributed by atoms with E-state index in [0.717, 1.165) is 9.87 Å². The highest BCUT2D eigenvalue weighted by molar-refractivity contribution is 7.86. The maximum absolute atomic E-state index is 12.0. The highest BCUT2D eigenvalue weighted by Crippen LogP contribution is 2.25. The first-order valence-electron chi connectivity index (χ1n) is 5.76. The zero-order valence-corrected chi connectivity index (χ0v) is 11.6. The van der Waals surface area contributed by atoms with Crippen LogP contribution in [0.3, 0.4) is 0 Å². The molecule has 0 saturated heterocycles. The predicted octanol–water partition coefficient (Wildman–Crippen LogP) is 0.759. The maximum Gasteiger partial charge on any atom is 0.281 e. The number of rotatable bonds is 3. The lowest BCUT2D eigenvalue weighted by molar-refractivity contribution is -0.385. The maximum atomic E-state index is 12.0. The smallest absolute Gasteiger partial charge is 0.258 e. The van der Waals surface area contributed by atoms with Gasteiger partial charge in [0.25, 0.3) is 15.9 Å². The van der Waals surface area contributed by atoms with Crippen LogP contribution in [0.1, 0.15) is 11.1 Å². The molecule has 0 aliphatic carbocycles. The van der Waals surface area contributed by atoms with Gasteiger partial charge in [0.1, 0.15) is 0 Å². The van der Waals surface area contributed by atoms with Crippen LogP contribution in [-0.2, 0) is 23.2 Å². The predicted molar refractivity (Wildman–Crippen MR) is 69.8 cm³/mol. The first-order valence-corrected chi connectivity index (χ1v) is 7.16. The highest BCUT2D eigenvalue weighted by atomic mass is 32.2. The second-order valence-corrected chi connectivity index (χ2v) is 6.73. The summed E-state index contributed by atoms with van der Waals surface area (Å²) in [6, 6.07) is 4.61. The van der Waals surface area contributed by atoms with Crippen molar-refractivity contribution in [1.82, 2.24) is 8.61 Å². The number of nitro groups is 1. The molecule has 0 saturated carbocycles. The van der Waals surface area contributed by atoms with Crippen LogP contribution in [-0.4, -0.2) is 42.6 Å². The minimum atomic E-state index is -3.48. The molecule has 1 aromatic carbocycles. The fraction of sp³-hybridized carbons (Fsp3) is 0.455. The van der Waals surface area contributed by atoms with E-state index in [1.54, 1.807) is 6.07 Å². The van der Waals surface area contributed by atoms with Crippen LogP contribution in [0.2, 0.25) is 0 Å². The van der Waals surface area contributed by atoms with Crippen molar-refractivity contribution in [3.63, 3.8) is 0 Å². The molecule has 0 atom stereocenters. The molecule has 0 aromatic heterocycles. The van der Waals surface area contributed by atoms with Crippen molar-refractivity contribution in [2.45, 2.75) is 13.0 Å². The molecule has 2 rings (SSSR count). The summed E-state index contributed by atoms with van der Waals surface area (Å²) in [6.45, 7) is 0.572. The molecule has 19 heavy (non-hydrogen) atoms. The average Bonchev–Trinajstić information content (AvgIpc) is 2.37. The van der Waals surface area contributed by atoms with E-state index in [4.69, 9.17) is 0 Å². The standard InChI is InChI=1S/C11H15N3O4S/c1-12(2)19(17,18)13-6-5-9-3-4-11(14(15)16)7-10(9)8-13/h3-4,7H,5-6,8H2,1-2H3. The number of hydrogen-bond acceptors (Lipinski definition) is 4. The van der Waals surface area contributed by atoms with E-state index in [1.165, 1.54) is 30.5 Å². The Balaban J connectivity index is 2.33. The molecule has 1 heterocycles. The molecule has 0 unspecified atom stereocenters. The minimum Gasteiger partial charge on any atom is -0.258 e. The van der Waals surface area contributed by atoms with Crippen molar-refractivity contribution in [2.75, 3.05) is 20.6 Å². The van der Waals surface area contributed by atoms with Crippen LogP contribution in [0.5, 0.6) is 0 Å². The lowest BCUT2D eigenvalue weighted by atomic mass is 10.0. The number of nitro benzene ring substituents is 1. The van der Waals surface area contributed by atoms with Gasteiger partial charge in [-0.1, -0.05) is 6.07 Å². The number of fused-ring (bicyclic) bond motifs is 1. The fourth-order valence-electron chi connectivity index (χ4n) is 2.06. The molecule has 1 aliphatic rings. The summed E-state index contributed by atoms with van der Waals surface area (Å²) in [5.41, 5.74) is 1.66. The van der Waals surface area contributed by atoms with Gasteiger partial charge in [-0.3, -0.25) is 10.1 Å². The molecule has 0 radical (unpaired) electrons. The zero-order chi connectivity index (χ0) is 14.2. The SMILES string of the molecule is CN(C)S(=O)(=O)N1CCc2ccc([N+](=O)[O-])cc2C1. The van der Waals surface area contributed by atoms with Crippen LogP contribution in [0, 0.1) is 10.1 Å². The van der Waals surface area contributed by atoms with Gasteiger partial charge >= 0.3 is 0 Å². The summed E-state index contributed by atoms with van der Waals surface area (Å²) in [4.78, 5) is 10.3. The summed E-state index contributed by atoms with van der Waals surface area (Å²) >= 11 is 0. The van der Waals surface area contributed by atoms with Crippen molar-refractivity contribution in [2.24, 2.45) is 0 Å². The van der Waals surface area contributed by atoms with Crippen LogP contribution < -0.4 is 0 Å². The van der Waals surface area contributed by atoms with Gasteiger partial charge in [0.2, 0.25) is 0 Å². The van der Waals surface area contributed by atoms with E-state index in [9.17, 15) is 18.5 Å². The molecule has 0 N–H and O–H groups in total. The monoisotopic (exact) mass is 285 g/mol. The molecule has 1 aliphatic heterocycles. The molecule has 104 valence electrons. The van der Waals surface area contributed by atoms with E-state index >= 15 is 0 Å². The molecular weight excluding hydrogens is 270 g/mol. The lowest BCUT2D eigenvalue weighted by Crippen LogP contribution is -2.42. The van der Waals surface area contributed by atoms with Crippen molar-refractivity contribution in [1.29, 1.82) is 0 Å². The Kier molecular flexibility index (Phi) is 3.57. The van der Waals surface area contributed by atoms with Gasteiger partial charge in [-0.15, -0.1) is 0 Å². The van der Waals surface area contributed by atoms with Crippen molar-refractivity contribution >= 4 is 15.9 Å². The van der Waals surface area contributed by atoms with Gasteiger partial charge in [-0.25, -0.2) is 0 Å². The second kappa shape index (κ2) is 4.87. The van der Waals surface area contributed by atoms with Crippen LogP contribution in [0.15, 0.2) is 18.2 Å². The molecule has 0 amide bonds. The highest BCUT2D eigenvalue weighted by Gasteiger charge is 2.29. The van der Waals surface area contributed by atoms with Crippen LogP contribution in [0.4, 0.5) is 5.69 Å². The normalized spacial score (nSPS) is 16.4. The Labute approximate surface area is 111 Å². The average molecular weight is 285 g/mol. The Morgan fingerprint density at radius 1 is 1.32 bits per heavy atom. The van der Waals surface area contributed by atoms with Gasteiger partial charge in [0.05, 0.1) is 4.92 Å². The number of non-ortho nitro benzene ring substituents is 1. The van der Waals surface area contributed by atoms with Crippen LogP contribution in [0.25, 0.3) is 0 Å². The Morgan fingerprint density at radius 3 is 2.58 bits per heavy atom. The van der Waals surface area contributed by atoms with Crippen molar-refractivity contribution < 1.29 is 13.3 Å². The molecule has 0 fully saturated rings. The van der Waals surface area contributed by atoms with Gasteiger partial charge in [-0.05, 0) is 17.5 Å². The first-order chi connectivity index (χ1) is 8.82. The largest absolute Gasteiger partial charge is 0.281 e. The molecular formula is C11H15N3O4S. The number of nitrogens with zero attached hydrogens (tertiary/aromatic N) is 3. The van der Waals surface area contributed by atoms with Gasteiger partial charge in [-0.2, -0.15) is 17.0 Å². The minimum absolute atomic E-state index is 0.0112. The van der Waals surface area contributed by atoms with Gasteiger partial charge < -0.3 is 0 Å². The van der Waals surface area contributed by atoms with E-state index in [0.29, 0.717) is 18.5 Å². The van der Waals surface area contributed by atoms with Crippen LogP contribution >= 0.6 is 0 Å². The summed E-state index contributed by atoms with van der Waals surface area (Å²) in [7, 11) is -0.538.